The second kappa shape index (κ2) is 4.75. The summed E-state index contributed by atoms with van der Waals surface area (Å²) in [7, 11) is 0. The third-order valence-electron chi connectivity index (χ3n) is 3.68. The summed E-state index contributed by atoms with van der Waals surface area (Å²) < 4.78 is 0. The van der Waals surface area contributed by atoms with Gasteiger partial charge in [0.25, 0.3) is 0 Å². The van der Waals surface area contributed by atoms with Crippen LogP contribution in [0.2, 0.25) is 0 Å². The lowest BCUT2D eigenvalue weighted by Crippen LogP contribution is -2.49. The molecule has 3 unspecified atom stereocenters. The van der Waals surface area contributed by atoms with Gasteiger partial charge in [-0.25, -0.2) is 0 Å². The minimum absolute atomic E-state index is 0.0279. The van der Waals surface area contributed by atoms with E-state index in [0.717, 1.165) is 4.90 Å². The number of hydrogen-bond acceptors (Lipinski definition) is 4. The normalized spacial score (nSPS) is 26.4. The predicted octanol–water partition coefficient (Wildman–Crippen LogP) is -0.279. The second-order valence-corrected chi connectivity index (χ2v) is 5.61. The van der Waals surface area contributed by atoms with Crippen LogP contribution in [0.5, 0.6) is 0 Å². The van der Waals surface area contributed by atoms with Crippen molar-refractivity contribution in [2.24, 2.45) is 17.8 Å². The van der Waals surface area contributed by atoms with Crippen molar-refractivity contribution in [3.8, 4) is 0 Å². The maximum absolute atomic E-state index is 11.8. The minimum atomic E-state index is -0.574. The van der Waals surface area contributed by atoms with Crippen molar-refractivity contribution in [2.75, 3.05) is 6.54 Å². The number of amides is 3. The third kappa shape index (κ3) is 2.52. The highest BCUT2D eigenvalue weighted by molar-refractivity contribution is 6.10. The molecule has 3 atom stereocenters. The molecule has 6 nitrogen and oxygen atoms in total. The van der Waals surface area contributed by atoms with Crippen LogP contribution in [0.15, 0.2) is 0 Å². The molecule has 1 heterocycles. The Hall–Kier alpha value is -1.72. The fourth-order valence-electron chi connectivity index (χ4n) is 2.51. The summed E-state index contributed by atoms with van der Waals surface area (Å²) >= 11 is 0. The van der Waals surface area contributed by atoms with Gasteiger partial charge >= 0.3 is 0 Å². The van der Waals surface area contributed by atoms with Crippen molar-refractivity contribution in [3.63, 3.8) is 0 Å². The van der Waals surface area contributed by atoms with E-state index in [9.17, 15) is 19.2 Å². The number of fused-ring (bicyclic) bond motifs is 1. The number of ketones is 1. The number of piperidine rings is 1. The topological polar surface area (TPSA) is 83.6 Å². The Bertz CT molecular complexity index is 438. The van der Waals surface area contributed by atoms with E-state index < -0.39 is 11.9 Å². The number of imide groups is 1. The van der Waals surface area contributed by atoms with Crippen LogP contribution in [0.1, 0.15) is 27.2 Å². The maximum Gasteiger partial charge on any atom is 0.240 e. The van der Waals surface area contributed by atoms with Gasteiger partial charge in [-0.1, -0.05) is 13.8 Å². The smallest absolute Gasteiger partial charge is 0.240 e. The molecule has 19 heavy (non-hydrogen) atoms. The lowest BCUT2D eigenvalue weighted by Gasteiger charge is -2.22. The van der Waals surface area contributed by atoms with Gasteiger partial charge in [0.1, 0.15) is 6.54 Å². The van der Waals surface area contributed by atoms with Gasteiger partial charge in [0.2, 0.25) is 17.7 Å². The van der Waals surface area contributed by atoms with E-state index in [1.54, 1.807) is 0 Å². The first-order valence-corrected chi connectivity index (χ1v) is 6.48. The summed E-state index contributed by atoms with van der Waals surface area (Å²) in [5, 5.41) is 2.58. The molecule has 1 aliphatic heterocycles. The first-order valence-electron chi connectivity index (χ1n) is 6.48. The molecule has 2 fully saturated rings. The van der Waals surface area contributed by atoms with Crippen molar-refractivity contribution in [1.29, 1.82) is 0 Å². The Morgan fingerprint density at radius 2 is 1.79 bits per heavy atom. The van der Waals surface area contributed by atoms with Gasteiger partial charge < -0.3 is 5.32 Å². The first kappa shape index (κ1) is 13.7. The number of Topliss-reactive ketones (excluding diaryl/α,β-unsaturated/α-hetero) is 1. The van der Waals surface area contributed by atoms with Crippen LogP contribution in [-0.2, 0) is 19.2 Å². The summed E-state index contributed by atoms with van der Waals surface area (Å²) in [6, 6.07) is -0.574. The molecule has 0 spiro atoms. The first-order chi connectivity index (χ1) is 8.82. The van der Waals surface area contributed by atoms with Crippen molar-refractivity contribution in [1.82, 2.24) is 10.2 Å². The molecule has 0 aromatic rings. The number of rotatable bonds is 5. The number of carbonyl (C=O) groups is 4. The highest BCUT2D eigenvalue weighted by Gasteiger charge is 2.59. The van der Waals surface area contributed by atoms with Crippen LogP contribution < -0.4 is 5.32 Å². The van der Waals surface area contributed by atoms with Crippen molar-refractivity contribution in [2.45, 2.75) is 33.2 Å². The van der Waals surface area contributed by atoms with E-state index in [2.05, 4.69) is 5.32 Å². The monoisotopic (exact) mass is 266 g/mol. The second-order valence-electron chi connectivity index (χ2n) is 5.61. The molecule has 1 N–H and O–H groups in total. The van der Waals surface area contributed by atoms with E-state index in [-0.39, 0.29) is 41.9 Å². The molecule has 1 aliphatic carbocycles. The number of likely N-dealkylation sites (tertiary alicyclic amines) is 1. The summed E-state index contributed by atoms with van der Waals surface area (Å²) in [5.41, 5.74) is 0. The molecule has 2 aliphatic rings. The molecule has 104 valence electrons. The minimum Gasteiger partial charge on any atom is -0.344 e. The van der Waals surface area contributed by atoms with E-state index in [4.69, 9.17) is 0 Å². The zero-order valence-corrected chi connectivity index (χ0v) is 11.3. The van der Waals surface area contributed by atoms with Gasteiger partial charge in [-0.05, 0) is 19.3 Å². The zero-order chi connectivity index (χ0) is 14.3. The number of nitrogens with zero attached hydrogens (tertiary/aromatic N) is 1. The van der Waals surface area contributed by atoms with Crippen LogP contribution in [0.25, 0.3) is 0 Å². The van der Waals surface area contributed by atoms with Gasteiger partial charge in [-0.15, -0.1) is 0 Å². The van der Waals surface area contributed by atoms with Gasteiger partial charge in [0, 0.05) is 0 Å². The van der Waals surface area contributed by atoms with Gasteiger partial charge in [0.05, 0.1) is 17.9 Å². The predicted molar refractivity (Wildman–Crippen MR) is 65.8 cm³/mol. The summed E-state index contributed by atoms with van der Waals surface area (Å²) in [6.45, 7) is 4.79. The summed E-state index contributed by atoms with van der Waals surface area (Å²) in [5.74, 6) is -1.53. The SMILES string of the molecule is CC(=O)C(NC(=O)CN1C(=O)C2CC2C1=O)C(C)C. The Morgan fingerprint density at radius 3 is 2.21 bits per heavy atom. The van der Waals surface area contributed by atoms with Gasteiger partial charge in [0.15, 0.2) is 5.78 Å². The van der Waals surface area contributed by atoms with Crippen LogP contribution in [0.4, 0.5) is 0 Å². The lowest BCUT2D eigenvalue weighted by atomic mass is 10.0. The van der Waals surface area contributed by atoms with Crippen molar-refractivity contribution >= 4 is 23.5 Å². The third-order valence-corrected chi connectivity index (χ3v) is 3.68. The van der Waals surface area contributed by atoms with Crippen LogP contribution in [0, 0.1) is 17.8 Å². The van der Waals surface area contributed by atoms with Crippen LogP contribution in [0.3, 0.4) is 0 Å². The lowest BCUT2D eigenvalue weighted by molar-refractivity contribution is -0.145. The number of carbonyl (C=O) groups excluding carboxylic acids is 4. The molecule has 6 heteroatoms. The molecule has 0 bridgehead atoms. The molecule has 0 aromatic heterocycles. The average Bonchev–Trinajstić information content (AvgIpc) is 3.06. The Balaban J connectivity index is 1.93. The fourth-order valence-corrected chi connectivity index (χ4v) is 2.51. The molecule has 2 rings (SSSR count). The van der Waals surface area contributed by atoms with Gasteiger partial charge in [-0.2, -0.15) is 0 Å². The van der Waals surface area contributed by atoms with Crippen molar-refractivity contribution < 1.29 is 19.2 Å². The van der Waals surface area contributed by atoms with Gasteiger partial charge in [-0.3, -0.25) is 24.1 Å². The quantitative estimate of drug-likeness (QED) is 0.694. The van der Waals surface area contributed by atoms with E-state index in [0.29, 0.717) is 6.42 Å². The number of nitrogens with one attached hydrogen (secondary N) is 1. The Labute approximate surface area is 111 Å². The van der Waals surface area contributed by atoms with Crippen LogP contribution >= 0.6 is 0 Å². The average molecular weight is 266 g/mol. The molecule has 0 aromatic carbocycles. The van der Waals surface area contributed by atoms with Crippen LogP contribution in [-0.4, -0.2) is 41.0 Å². The Morgan fingerprint density at radius 1 is 1.26 bits per heavy atom. The molecular weight excluding hydrogens is 248 g/mol. The van der Waals surface area contributed by atoms with E-state index in [1.165, 1.54) is 6.92 Å². The standard InChI is InChI=1S/C13H18N2O4/c1-6(2)11(7(3)16)14-10(17)5-15-12(18)8-4-9(8)13(15)19/h6,8-9,11H,4-5H2,1-3H3,(H,14,17). The molecular formula is C13H18N2O4. The fraction of sp³-hybridized carbons (Fsp3) is 0.692. The Kier molecular flexibility index (Phi) is 3.43. The maximum atomic E-state index is 11.8. The largest absolute Gasteiger partial charge is 0.344 e. The van der Waals surface area contributed by atoms with E-state index in [1.807, 2.05) is 13.8 Å². The zero-order valence-electron chi connectivity index (χ0n) is 11.3. The number of hydrogen-bond donors (Lipinski definition) is 1. The molecule has 1 saturated heterocycles. The van der Waals surface area contributed by atoms with E-state index >= 15 is 0 Å². The highest BCUT2D eigenvalue weighted by atomic mass is 16.2. The summed E-state index contributed by atoms with van der Waals surface area (Å²) in [6.07, 6.45) is 0.623. The highest BCUT2D eigenvalue weighted by Crippen LogP contribution is 2.46. The van der Waals surface area contributed by atoms with Crippen molar-refractivity contribution in [3.05, 3.63) is 0 Å². The molecule has 1 saturated carbocycles. The molecule has 0 radical (unpaired) electrons. The summed E-state index contributed by atoms with van der Waals surface area (Å²) in [4.78, 5) is 47.6. The molecule has 3 amide bonds.